The molecule has 6 heteroatoms. The van der Waals surface area contributed by atoms with Crippen LogP contribution in [0.4, 0.5) is 0 Å². The maximum atomic E-state index is 12.8. The van der Waals surface area contributed by atoms with Crippen LogP contribution in [-0.4, -0.2) is 41.0 Å². The number of nitrogens with zero attached hydrogens (tertiary/aromatic N) is 2. The van der Waals surface area contributed by atoms with Gasteiger partial charge in [0.25, 0.3) is 0 Å². The fraction of sp³-hybridized carbons (Fsp3) is 0.647. The molecule has 1 aromatic heterocycles. The van der Waals surface area contributed by atoms with E-state index in [4.69, 9.17) is 0 Å². The fourth-order valence-corrected chi connectivity index (χ4v) is 4.28. The predicted octanol–water partition coefficient (Wildman–Crippen LogP) is 0.937. The molecule has 23 heavy (non-hydrogen) atoms. The summed E-state index contributed by atoms with van der Waals surface area (Å²) in [5.41, 5.74) is 10.8. The number of fused-ring (bicyclic) bond motifs is 1. The van der Waals surface area contributed by atoms with E-state index in [-0.39, 0.29) is 5.92 Å². The average molecular weight is 315 g/mol. The van der Waals surface area contributed by atoms with Crippen LogP contribution in [0.3, 0.4) is 0 Å². The minimum Gasteiger partial charge on any atom is -0.342 e. The summed E-state index contributed by atoms with van der Waals surface area (Å²) in [6.45, 7) is 1.78. The minimum atomic E-state index is 0.183. The molecule has 3 N–H and O–H groups in total. The number of aromatic nitrogens is 1. The van der Waals surface area contributed by atoms with Gasteiger partial charge in [-0.15, -0.1) is 0 Å². The van der Waals surface area contributed by atoms with Gasteiger partial charge in [0.1, 0.15) is 0 Å². The van der Waals surface area contributed by atoms with Crippen molar-refractivity contribution in [2.24, 2.45) is 5.92 Å². The third-order valence-electron chi connectivity index (χ3n) is 5.70. The van der Waals surface area contributed by atoms with E-state index in [1.165, 1.54) is 5.56 Å². The standard InChI is InChI=1S/C17H25N5O/c23-17(14-1-2-15-16(11-14)20-21-19-15)22-9-5-13(6-10-22)12-3-7-18-8-4-12/h3-4,7-8,13-16,19-21H,1-2,5-6,9-11H2. The number of amides is 1. The van der Waals surface area contributed by atoms with Crippen LogP contribution in [0.25, 0.3) is 0 Å². The van der Waals surface area contributed by atoms with Gasteiger partial charge >= 0.3 is 0 Å². The Morgan fingerprint density at radius 2 is 1.78 bits per heavy atom. The fourth-order valence-electron chi connectivity index (χ4n) is 4.28. The van der Waals surface area contributed by atoms with Crippen molar-refractivity contribution < 1.29 is 4.79 Å². The number of piperidine rings is 1. The Kier molecular flexibility index (Phi) is 4.29. The molecule has 0 bridgehead atoms. The summed E-state index contributed by atoms with van der Waals surface area (Å²) in [7, 11) is 0. The molecule has 3 atom stereocenters. The van der Waals surface area contributed by atoms with Crippen LogP contribution in [0.1, 0.15) is 43.6 Å². The number of pyridine rings is 1. The Balaban J connectivity index is 1.32. The zero-order chi connectivity index (χ0) is 15.6. The number of rotatable bonds is 2. The van der Waals surface area contributed by atoms with Gasteiger partial charge in [-0.25, -0.2) is 10.9 Å². The number of likely N-dealkylation sites (tertiary alicyclic amines) is 1. The normalized spacial score (nSPS) is 31.8. The average Bonchev–Trinajstić information content (AvgIpc) is 3.10. The first-order chi connectivity index (χ1) is 11.3. The highest BCUT2D eigenvalue weighted by Gasteiger charge is 2.38. The Bertz CT molecular complexity index is 543. The first-order valence-corrected chi connectivity index (χ1v) is 8.76. The molecule has 6 nitrogen and oxygen atoms in total. The zero-order valence-electron chi connectivity index (χ0n) is 13.4. The molecule has 3 fully saturated rings. The summed E-state index contributed by atoms with van der Waals surface area (Å²) < 4.78 is 0. The van der Waals surface area contributed by atoms with Gasteiger partial charge in [-0.05, 0) is 55.7 Å². The Labute approximate surface area is 137 Å². The molecule has 3 heterocycles. The molecule has 0 radical (unpaired) electrons. The summed E-state index contributed by atoms with van der Waals surface area (Å²) in [6.07, 6.45) is 8.86. The summed E-state index contributed by atoms with van der Waals surface area (Å²) in [5.74, 6) is 1.12. The maximum absolute atomic E-state index is 12.8. The quantitative estimate of drug-likeness (QED) is 0.758. The number of carbonyl (C=O) groups is 1. The molecule has 2 aliphatic heterocycles. The molecule has 1 aromatic rings. The van der Waals surface area contributed by atoms with Crippen molar-refractivity contribution in [2.45, 2.75) is 50.1 Å². The van der Waals surface area contributed by atoms with E-state index >= 15 is 0 Å². The van der Waals surface area contributed by atoms with Gasteiger partial charge in [0.2, 0.25) is 5.91 Å². The van der Waals surface area contributed by atoms with Crippen molar-refractivity contribution in [3.63, 3.8) is 0 Å². The lowest BCUT2D eigenvalue weighted by molar-refractivity contribution is -0.138. The minimum absolute atomic E-state index is 0.183. The van der Waals surface area contributed by atoms with Crippen molar-refractivity contribution in [2.75, 3.05) is 13.1 Å². The molecular weight excluding hydrogens is 290 g/mol. The van der Waals surface area contributed by atoms with Gasteiger partial charge in [-0.1, -0.05) is 0 Å². The highest BCUT2D eigenvalue weighted by molar-refractivity contribution is 5.79. The van der Waals surface area contributed by atoms with E-state index in [2.05, 4.69) is 38.4 Å². The molecule has 3 aliphatic rings. The van der Waals surface area contributed by atoms with Crippen molar-refractivity contribution in [3.8, 4) is 0 Å². The summed E-state index contributed by atoms with van der Waals surface area (Å²) in [5, 5.41) is 0. The molecule has 0 spiro atoms. The van der Waals surface area contributed by atoms with Crippen LogP contribution in [-0.2, 0) is 4.79 Å². The molecule has 3 unspecified atom stereocenters. The van der Waals surface area contributed by atoms with Gasteiger partial charge in [0.05, 0.1) is 0 Å². The topological polar surface area (TPSA) is 69.3 Å². The van der Waals surface area contributed by atoms with Crippen molar-refractivity contribution in [1.82, 2.24) is 26.3 Å². The molecule has 1 saturated carbocycles. The second-order valence-electron chi connectivity index (χ2n) is 7.02. The molecule has 124 valence electrons. The SMILES string of the molecule is O=C(C1CCC2NNNC2C1)N1CCC(c2ccncc2)CC1. The molecule has 4 rings (SSSR count). The van der Waals surface area contributed by atoms with Crippen LogP contribution in [0.15, 0.2) is 24.5 Å². The van der Waals surface area contributed by atoms with Crippen molar-refractivity contribution in [1.29, 1.82) is 0 Å². The van der Waals surface area contributed by atoms with E-state index in [0.717, 1.165) is 45.2 Å². The van der Waals surface area contributed by atoms with Crippen LogP contribution >= 0.6 is 0 Å². The lowest BCUT2D eigenvalue weighted by Gasteiger charge is -2.37. The first-order valence-electron chi connectivity index (χ1n) is 8.76. The number of hydrogen-bond donors (Lipinski definition) is 3. The maximum Gasteiger partial charge on any atom is 0.225 e. The van der Waals surface area contributed by atoms with Gasteiger partial charge in [-0.2, -0.15) is 5.53 Å². The monoisotopic (exact) mass is 315 g/mol. The summed E-state index contributed by atoms with van der Waals surface area (Å²) >= 11 is 0. The molecular formula is C17H25N5O. The van der Waals surface area contributed by atoms with Crippen LogP contribution in [0.2, 0.25) is 0 Å². The summed E-state index contributed by atoms with van der Waals surface area (Å²) in [6, 6.07) is 5.06. The molecule has 1 aliphatic carbocycles. The number of hydrogen-bond acceptors (Lipinski definition) is 5. The van der Waals surface area contributed by atoms with E-state index in [1.54, 1.807) is 0 Å². The van der Waals surface area contributed by atoms with E-state index < -0.39 is 0 Å². The van der Waals surface area contributed by atoms with Crippen molar-refractivity contribution in [3.05, 3.63) is 30.1 Å². The largest absolute Gasteiger partial charge is 0.342 e. The zero-order valence-corrected chi connectivity index (χ0v) is 13.4. The molecule has 0 aromatic carbocycles. The van der Waals surface area contributed by atoms with Crippen LogP contribution < -0.4 is 16.4 Å². The van der Waals surface area contributed by atoms with Gasteiger partial charge < -0.3 is 4.90 Å². The van der Waals surface area contributed by atoms with Crippen molar-refractivity contribution >= 4 is 5.91 Å². The molecule has 2 saturated heterocycles. The highest BCUT2D eigenvalue weighted by atomic mass is 16.2. The first kappa shape index (κ1) is 15.1. The number of hydrazine groups is 2. The van der Waals surface area contributed by atoms with E-state index in [0.29, 0.717) is 23.9 Å². The van der Waals surface area contributed by atoms with Crippen LogP contribution in [0, 0.1) is 5.92 Å². The third-order valence-corrected chi connectivity index (χ3v) is 5.70. The highest BCUT2D eigenvalue weighted by Crippen LogP contribution is 2.31. The van der Waals surface area contributed by atoms with Crippen LogP contribution in [0.5, 0.6) is 0 Å². The number of nitrogens with one attached hydrogen (secondary N) is 3. The lowest BCUT2D eigenvalue weighted by Crippen LogP contribution is -2.47. The second kappa shape index (κ2) is 6.55. The molecule has 1 amide bonds. The number of carbonyl (C=O) groups excluding carboxylic acids is 1. The Morgan fingerprint density at radius 1 is 1.04 bits per heavy atom. The van der Waals surface area contributed by atoms with Gasteiger partial charge in [0.15, 0.2) is 0 Å². The second-order valence-corrected chi connectivity index (χ2v) is 7.02. The Morgan fingerprint density at radius 3 is 2.57 bits per heavy atom. The summed E-state index contributed by atoms with van der Waals surface area (Å²) in [4.78, 5) is 19.0. The lowest BCUT2D eigenvalue weighted by atomic mass is 9.81. The van der Waals surface area contributed by atoms with E-state index in [9.17, 15) is 4.79 Å². The third kappa shape index (κ3) is 3.11. The smallest absolute Gasteiger partial charge is 0.225 e. The van der Waals surface area contributed by atoms with Gasteiger partial charge in [-0.3, -0.25) is 9.78 Å². The predicted molar refractivity (Wildman–Crippen MR) is 87.1 cm³/mol. The Hall–Kier alpha value is -1.50. The van der Waals surface area contributed by atoms with Gasteiger partial charge in [0, 0.05) is 43.5 Å². The van der Waals surface area contributed by atoms with E-state index in [1.807, 2.05) is 12.4 Å².